The van der Waals surface area contributed by atoms with E-state index in [4.69, 9.17) is 0 Å². The Hall–Kier alpha value is -1.68. The van der Waals surface area contributed by atoms with Crippen LogP contribution in [-0.2, 0) is 6.42 Å². The summed E-state index contributed by atoms with van der Waals surface area (Å²) < 4.78 is 0. The minimum atomic E-state index is 0.203. The number of ketones is 1. The quantitative estimate of drug-likeness (QED) is 0.850. The van der Waals surface area contributed by atoms with Gasteiger partial charge in [-0.15, -0.1) is 11.3 Å². The molecule has 0 unspecified atom stereocenters. The van der Waals surface area contributed by atoms with Gasteiger partial charge < -0.3 is 4.90 Å². The first kappa shape index (κ1) is 13.3. The second-order valence-corrected chi connectivity index (χ2v) is 6.19. The van der Waals surface area contributed by atoms with Crippen molar-refractivity contribution in [3.8, 4) is 0 Å². The molecule has 4 heteroatoms. The Morgan fingerprint density at radius 1 is 1.35 bits per heavy atom. The highest BCUT2D eigenvalue weighted by Crippen LogP contribution is 2.35. The van der Waals surface area contributed by atoms with Crippen LogP contribution in [0.3, 0.4) is 0 Å². The number of rotatable bonds is 3. The SMILES string of the molecule is CCN(c1cccc(C)c1)c1nc2c(s1)CCCC2=O. The average Bonchev–Trinajstić information content (AvgIpc) is 2.85. The number of thiazole rings is 1. The van der Waals surface area contributed by atoms with Gasteiger partial charge in [-0.3, -0.25) is 4.79 Å². The number of aryl methyl sites for hydroxylation is 2. The maximum absolute atomic E-state index is 11.9. The van der Waals surface area contributed by atoms with Gasteiger partial charge in [-0.05, 0) is 44.4 Å². The molecule has 0 N–H and O–H groups in total. The van der Waals surface area contributed by atoms with E-state index in [9.17, 15) is 4.79 Å². The number of Topliss-reactive ketones (excluding diaryl/α,β-unsaturated/α-hetero) is 1. The van der Waals surface area contributed by atoms with E-state index in [2.05, 4.69) is 48.0 Å². The number of benzene rings is 1. The Kier molecular flexibility index (Phi) is 3.57. The van der Waals surface area contributed by atoms with Crippen molar-refractivity contribution in [3.63, 3.8) is 0 Å². The molecule has 0 amide bonds. The Balaban J connectivity index is 2.00. The number of aromatic nitrogens is 1. The first-order chi connectivity index (χ1) is 9.69. The zero-order chi connectivity index (χ0) is 14.1. The topological polar surface area (TPSA) is 33.2 Å². The molecule has 1 aromatic heterocycles. The zero-order valence-corrected chi connectivity index (χ0v) is 12.7. The first-order valence-corrected chi connectivity index (χ1v) is 7.88. The molecule has 2 aromatic rings. The standard InChI is InChI=1S/C16H18N2OS/c1-3-18(12-7-4-6-11(2)10-12)16-17-15-13(19)8-5-9-14(15)20-16/h4,6-7,10H,3,5,8-9H2,1-2H3. The Labute approximate surface area is 123 Å². The molecule has 0 aliphatic heterocycles. The van der Waals surface area contributed by atoms with Gasteiger partial charge in [0.1, 0.15) is 5.69 Å². The zero-order valence-electron chi connectivity index (χ0n) is 11.8. The fourth-order valence-corrected chi connectivity index (χ4v) is 3.80. The highest BCUT2D eigenvalue weighted by molar-refractivity contribution is 7.16. The van der Waals surface area contributed by atoms with Crippen LogP contribution in [-0.4, -0.2) is 17.3 Å². The molecule has 3 rings (SSSR count). The van der Waals surface area contributed by atoms with E-state index < -0.39 is 0 Å². The summed E-state index contributed by atoms with van der Waals surface area (Å²) in [5.74, 6) is 0.203. The Morgan fingerprint density at radius 2 is 2.20 bits per heavy atom. The van der Waals surface area contributed by atoms with E-state index in [0.717, 1.165) is 35.1 Å². The molecule has 1 aromatic carbocycles. The highest BCUT2D eigenvalue weighted by Gasteiger charge is 2.24. The van der Waals surface area contributed by atoms with Crippen molar-refractivity contribution in [2.24, 2.45) is 0 Å². The lowest BCUT2D eigenvalue weighted by Crippen LogP contribution is -2.16. The third kappa shape index (κ3) is 2.36. The van der Waals surface area contributed by atoms with Crippen LogP contribution < -0.4 is 4.90 Å². The lowest BCUT2D eigenvalue weighted by Gasteiger charge is -2.20. The fraction of sp³-hybridized carbons (Fsp3) is 0.375. The summed E-state index contributed by atoms with van der Waals surface area (Å²) in [7, 11) is 0. The second kappa shape index (κ2) is 5.37. The van der Waals surface area contributed by atoms with Crippen molar-refractivity contribution in [2.45, 2.75) is 33.1 Å². The fourth-order valence-electron chi connectivity index (χ4n) is 2.59. The van der Waals surface area contributed by atoms with Crippen LogP contribution in [0.25, 0.3) is 0 Å². The van der Waals surface area contributed by atoms with Gasteiger partial charge in [0.25, 0.3) is 0 Å². The lowest BCUT2D eigenvalue weighted by molar-refractivity contribution is 0.0968. The molecular weight excluding hydrogens is 268 g/mol. The number of nitrogens with zero attached hydrogens (tertiary/aromatic N) is 2. The van der Waals surface area contributed by atoms with E-state index in [1.165, 1.54) is 5.56 Å². The molecule has 0 spiro atoms. The molecule has 0 atom stereocenters. The van der Waals surface area contributed by atoms with E-state index in [0.29, 0.717) is 12.1 Å². The molecular formula is C16H18N2OS. The van der Waals surface area contributed by atoms with E-state index in [-0.39, 0.29) is 5.78 Å². The number of carbonyl (C=O) groups excluding carboxylic acids is 1. The summed E-state index contributed by atoms with van der Waals surface area (Å²) in [4.78, 5) is 19.9. The molecule has 0 radical (unpaired) electrons. The van der Waals surface area contributed by atoms with Crippen molar-refractivity contribution >= 4 is 27.9 Å². The van der Waals surface area contributed by atoms with Gasteiger partial charge in [0, 0.05) is 23.5 Å². The molecule has 0 saturated carbocycles. The van der Waals surface area contributed by atoms with Crippen molar-refractivity contribution in [3.05, 3.63) is 40.4 Å². The molecule has 3 nitrogen and oxygen atoms in total. The molecule has 1 aliphatic rings. The van der Waals surface area contributed by atoms with Crippen molar-refractivity contribution < 1.29 is 4.79 Å². The van der Waals surface area contributed by atoms with Gasteiger partial charge in [0.05, 0.1) is 0 Å². The van der Waals surface area contributed by atoms with Crippen LogP contribution in [0.2, 0.25) is 0 Å². The number of fused-ring (bicyclic) bond motifs is 1. The van der Waals surface area contributed by atoms with Gasteiger partial charge in [-0.2, -0.15) is 0 Å². The third-order valence-electron chi connectivity index (χ3n) is 3.62. The third-order valence-corrected chi connectivity index (χ3v) is 4.76. The highest BCUT2D eigenvalue weighted by atomic mass is 32.1. The van der Waals surface area contributed by atoms with Gasteiger partial charge >= 0.3 is 0 Å². The first-order valence-electron chi connectivity index (χ1n) is 7.06. The normalized spacial score (nSPS) is 14.2. The summed E-state index contributed by atoms with van der Waals surface area (Å²) >= 11 is 1.67. The van der Waals surface area contributed by atoms with E-state index in [1.54, 1.807) is 11.3 Å². The molecule has 0 bridgehead atoms. The van der Waals surface area contributed by atoms with E-state index >= 15 is 0 Å². The number of hydrogen-bond donors (Lipinski definition) is 0. The Bertz CT molecular complexity index is 648. The van der Waals surface area contributed by atoms with Crippen LogP contribution in [0, 0.1) is 6.92 Å². The summed E-state index contributed by atoms with van der Waals surface area (Å²) in [6.45, 7) is 5.06. The van der Waals surface area contributed by atoms with Crippen LogP contribution >= 0.6 is 11.3 Å². The van der Waals surface area contributed by atoms with Gasteiger partial charge in [0.2, 0.25) is 0 Å². The molecule has 104 valence electrons. The molecule has 0 saturated heterocycles. The van der Waals surface area contributed by atoms with Crippen molar-refractivity contribution in [1.29, 1.82) is 0 Å². The predicted molar refractivity (Wildman–Crippen MR) is 83.2 cm³/mol. The molecule has 1 heterocycles. The summed E-state index contributed by atoms with van der Waals surface area (Å²) in [6.07, 6.45) is 2.60. The molecule has 0 fully saturated rings. The second-order valence-electron chi connectivity index (χ2n) is 5.13. The maximum Gasteiger partial charge on any atom is 0.190 e. The largest absolute Gasteiger partial charge is 0.318 e. The summed E-state index contributed by atoms with van der Waals surface area (Å²) in [6, 6.07) is 8.41. The van der Waals surface area contributed by atoms with Crippen molar-refractivity contribution in [1.82, 2.24) is 4.98 Å². The van der Waals surface area contributed by atoms with Crippen LogP contribution in [0.4, 0.5) is 10.8 Å². The van der Waals surface area contributed by atoms with Crippen LogP contribution in [0.5, 0.6) is 0 Å². The minimum Gasteiger partial charge on any atom is -0.318 e. The summed E-state index contributed by atoms with van der Waals surface area (Å²) in [5.41, 5.74) is 3.09. The summed E-state index contributed by atoms with van der Waals surface area (Å²) in [5, 5.41) is 0.943. The van der Waals surface area contributed by atoms with Gasteiger partial charge in [0.15, 0.2) is 10.9 Å². The predicted octanol–water partition coefficient (Wildman–Crippen LogP) is 4.13. The van der Waals surface area contributed by atoms with Crippen LogP contribution in [0.1, 0.15) is 40.7 Å². The van der Waals surface area contributed by atoms with Gasteiger partial charge in [-0.25, -0.2) is 4.98 Å². The van der Waals surface area contributed by atoms with Gasteiger partial charge in [-0.1, -0.05) is 12.1 Å². The Morgan fingerprint density at radius 3 is 2.90 bits per heavy atom. The lowest BCUT2D eigenvalue weighted by atomic mass is 10.0. The van der Waals surface area contributed by atoms with Crippen molar-refractivity contribution in [2.75, 3.05) is 11.4 Å². The number of anilines is 2. The van der Waals surface area contributed by atoms with E-state index in [1.807, 2.05) is 0 Å². The molecule has 1 aliphatic carbocycles. The smallest absolute Gasteiger partial charge is 0.190 e. The minimum absolute atomic E-state index is 0.203. The van der Waals surface area contributed by atoms with Crippen LogP contribution in [0.15, 0.2) is 24.3 Å². The monoisotopic (exact) mass is 286 g/mol. The number of hydrogen-bond acceptors (Lipinski definition) is 4. The maximum atomic E-state index is 11.9. The molecule has 20 heavy (non-hydrogen) atoms. The average molecular weight is 286 g/mol. The number of carbonyl (C=O) groups is 1.